The van der Waals surface area contributed by atoms with Gasteiger partial charge in [0.05, 0.1) is 0 Å². The van der Waals surface area contributed by atoms with Crippen molar-refractivity contribution in [3.63, 3.8) is 0 Å². The predicted octanol–water partition coefficient (Wildman–Crippen LogP) is 2.98. The molecule has 0 atom stereocenters. The minimum Gasteiger partial charge on any atom is -0.396 e. The third kappa shape index (κ3) is 2.22. The second-order valence-corrected chi connectivity index (χ2v) is 4.63. The monoisotopic (exact) mass is 170 g/mol. The third-order valence-electron chi connectivity index (χ3n) is 3.21. The zero-order chi connectivity index (χ0) is 9.03. The number of aliphatic hydroxyl groups is 1. The molecule has 1 rings (SSSR count). The van der Waals surface area contributed by atoms with Gasteiger partial charge < -0.3 is 5.11 Å². The largest absolute Gasteiger partial charge is 0.396 e. The van der Waals surface area contributed by atoms with Crippen molar-refractivity contribution < 1.29 is 5.11 Å². The van der Waals surface area contributed by atoms with Crippen LogP contribution in [-0.2, 0) is 0 Å². The van der Waals surface area contributed by atoms with Gasteiger partial charge in [-0.15, -0.1) is 0 Å². The summed E-state index contributed by atoms with van der Waals surface area (Å²) in [5, 5.41) is 9.25. The summed E-state index contributed by atoms with van der Waals surface area (Å²) in [5.74, 6) is 0.860. The van der Waals surface area contributed by atoms with Gasteiger partial charge in [-0.2, -0.15) is 0 Å². The standard InChI is InChI=1S/C11H22O/c1-3-4-5-6-11(9-12)7-10(2)8-11/h10,12H,3-9H2,1-2H3. The highest BCUT2D eigenvalue weighted by Crippen LogP contribution is 2.48. The molecule has 0 spiro atoms. The molecule has 0 aromatic heterocycles. The van der Waals surface area contributed by atoms with E-state index < -0.39 is 0 Å². The zero-order valence-electron chi connectivity index (χ0n) is 8.47. The van der Waals surface area contributed by atoms with Crippen LogP contribution in [0.15, 0.2) is 0 Å². The molecule has 0 bridgehead atoms. The van der Waals surface area contributed by atoms with E-state index in [0.29, 0.717) is 12.0 Å². The lowest BCUT2D eigenvalue weighted by Gasteiger charge is -2.45. The summed E-state index contributed by atoms with van der Waals surface area (Å²) in [6, 6.07) is 0. The number of unbranched alkanes of at least 4 members (excludes halogenated alkanes) is 2. The Bertz CT molecular complexity index is 125. The zero-order valence-corrected chi connectivity index (χ0v) is 8.47. The quantitative estimate of drug-likeness (QED) is 0.629. The van der Waals surface area contributed by atoms with Gasteiger partial charge in [0.1, 0.15) is 0 Å². The van der Waals surface area contributed by atoms with Crippen molar-refractivity contribution in [3.05, 3.63) is 0 Å². The molecule has 0 saturated heterocycles. The second kappa shape index (κ2) is 4.27. The van der Waals surface area contributed by atoms with Crippen molar-refractivity contribution in [2.24, 2.45) is 11.3 Å². The molecule has 0 aliphatic heterocycles. The van der Waals surface area contributed by atoms with Gasteiger partial charge in [0.2, 0.25) is 0 Å². The van der Waals surface area contributed by atoms with Crippen LogP contribution in [0.3, 0.4) is 0 Å². The van der Waals surface area contributed by atoms with Crippen LogP contribution in [0, 0.1) is 11.3 Å². The van der Waals surface area contributed by atoms with Gasteiger partial charge in [-0.05, 0) is 30.6 Å². The molecule has 0 aromatic carbocycles. The normalized spacial score (nSPS) is 34.8. The lowest BCUT2D eigenvalue weighted by molar-refractivity contribution is -0.00733. The first kappa shape index (κ1) is 10.0. The van der Waals surface area contributed by atoms with E-state index in [1.54, 1.807) is 0 Å². The number of aliphatic hydroxyl groups excluding tert-OH is 1. The van der Waals surface area contributed by atoms with E-state index >= 15 is 0 Å². The van der Waals surface area contributed by atoms with E-state index in [1.165, 1.54) is 38.5 Å². The Morgan fingerprint density at radius 3 is 2.42 bits per heavy atom. The molecule has 0 aromatic rings. The highest BCUT2D eigenvalue weighted by Gasteiger charge is 2.40. The minimum atomic E-state index is 0.342. The van der Waals surface area contributed by atoms with Gasteiger partial charge in [0.15, 0.2) is 0 Å². The lowest BCUT2D eigenvalue weighted by Crippen LogP contribution is -2.38. The van der Waals surface area contributed by atoms with Crippen LogP contribution in [0.4, 0.5) is 0 Å². The molecule has 1 aliphatic rings. The summed E-state index contributed by atoms with van der Waals surface area (Å²) in [6.07, 6.45) is 7.69. The van der Waals surface area contributed by atoms with Crippen molar-refractivity contribution in [1.29, 1.82) is 0 Å². The van der Waals surface area contributed by atoms with Crippen LogP contribution in [-0.4, -0.2) is 11.7 Å². The van der Waals surface area contributed by atoms with E-state index in [4.69, 9.17) is 0 Å². The van der Waals surface area contributed by atoms with E-state index in [9.17, 15) is 5.11 Å². The number of hydrogen-bond acceptors (Lipinski definition) is 1. The van der Waals surface area contributed by atoms with E-state index in [0.717, 1.165) is 5.92 Å². The topological polar surface area (TPSA) is 20.2 Å². The molecule has 0 heterocycles. The van der Waals surface area contributed by atoms with Gasteiger partial charge >= 0.3 is 0 Å². The second-order valence-electron chi connectivity index (χ2n) is 4.63. The van der Waals surface area contributed by atoms with E-state index in [-0.39, 0.29) is 0 Å². The maximum absolute atomic E-state index is 9.25. The fourth-order valence-electron chi connectivity index (χ4n) is 2.58. The Labute approximate surface area is 76.2 Å². The van der Waals surface area contributed by atoms with Crippen molar-refractivity contribution in [2.45, 2.75) is 52.4 Å². The molecular formula is C11H22O. The summed E-state index contributed by atoms with van der Waals surface area (Å²) < 4.78 is 0. The molecule has 1 aliphatic carbocycles. The summed E-state index contributed by atoms with van der Waals surface area (Å²) in [7, 11) is 0. The Balaban J connectivity index is 2.18. The van der Waals surface area contributed by atoms with Gasteiger partial charge in [-0.25, -0.2) is 0 Å². The minimum absolute atomic E-state index is 0.342. The third-order valence-corrected chi connectivity index (χ3v) is 3.21. The fraction of sp³-hybridized carbons (Fsp3) is 1.00. The van der Waals surface area contributed by atoms with Crippen molar-refractivity contribution >= 4 is 0 Å². The first-order chi connectivity index (χ1) is 5.72. The van der Waals surface area contributed by atoms with E-state index in [1.807, 2.05) is 0 Å². The molecule has 1 N–H and O–H groups in total. The van der Waals surface area contributed by atoms with Crippen LogP contribution in [0.5, 0.6) is 0 Å². The molecule has 0 radical (unpaired) electrons. The summed E-state index contributed by atoms with van der Waals surface area (Å²) >= 11 is 0. The van der Waals surface area contributed by atoms with Crippen LogP contribution < -0.4 is 0 Å². The van der Waals surface area contributed by atoms with Crippen molar-refractivity contribution in [3.8, 4) is 0 Å². The van der Waals surface area contributed by atoms with Crippen LogP contribution in [0.1, 0.15) is 52.4 Å². The van der Waals surface area contributed by atoms with Crippen molar-refractivity contribution in [1.82, 2.24) is 0 Å². The Kier molecular flexibility index (Phi) is 3.57. The van der Waals surface area contributed by atoms with Gasteiger partial charge in [-0.1, -0.05) is 33.1 Å². The average molecular weight is 170 g/mol. The highest BCUT2D eigenvalue weighted by molar-refractivity contribution is 4.91. The molecule has 0 amide bonds. The molecule has 1 saturated carbocycles. The first-order valence-corrected chi connectivity index (χ1v) is 5.33. The van der Waals surface area contributed by atoms with Gasteiger partial charge in [-0.3, -0.25) is 0 Å². The van der Waals surface area contributed by atoms with E-state index in [2.05, 4.69) is 13.8 Å². The molecule has 72 valence electrons. The van der Waals surface area contributed by atoms with Gasteiger partial charge in [0.25, 0.3) is 0 Å². The fourth-order valence-corrected chi connectivity index (χ4v) is 2.58. The first-order valence-electron chi connectivity index (χ1n) is 5.33. The Morgan fingerprint density at radius 2 is 2.00 bits per heavy atom. The highest BCUT2D eigenvalue weighted by atomic mass is 16.3. The predicted molar refractivity (Wildman–Crippen MR) is 52.1 cm³/mol. The molecule has 1 fully saturated rings. The lowest BCUT2D eigenvalue weighted by atomic mass is 9.61. The smallest absolute Gasteiger partial charge is 0.0487 e. The Hall–Kier alpha value is -0.0400. The van der Waals surface area contributed by atoms with Crippen LogP contribution >= 0.6 is 0 Å². The van der Waals surface area contributed by atoms with Gasteiger partial charge in [0, 0.05) is 6.61 Å². The van der Waals surface area contributed by atoms with Crippen LogP contribution in [0.2, 0.25) is 0 Å². The molecule has 0 unspecified atom stereocenters. The summed E-state index contributed by atoms with van der Waals surface area (Å²) in [4.78, 5) is 0. The average Bonchev–Trinajstić information content (AvgIpc) is 2.01. The Morgan fingerprint density at radius 1 is 1.33 bits per heavy atom. The number of hydrogen-bond donors (Lipinski definition) is 1. The molecule has 12 heavy (non-hydrogen) atoms. The molecule has 1 heteroatoms. The summed E-state index contributed by atoms with van der Waals surface area (Å²) in [6.45, 7) is 4.93. The number of rotatable bonds is 5. The maximum Gasteiger partial charge on any atom is 0.0487 e. The molecule has 1 nitrogen and oxygen atoms in total. The van der Waals surface area contributed by atoms with Crippen molar-refractivity contribution in [2.75, 3.05) is 6.61 Å². The molecular weight excluding hydrogens is 148 g/mol. The SMILES string of the molecule is CCCCCC1(CO)CC(C)C1. The maximum atomic E-state index is 9.25. The van der Waals surface area contributed by atoms with Crippen LogP contribution in [0.25, 0.3) is 0 Å². The summed E-state index contributed by atoms with van der Waals surface area (Å²) in [5.41, 5.74) is 0.342.